The second-order valence-corrected chi connectivity index (χ2v) is 7.07. The summed E-state index contributed by atoms with van der Waals surface area (Å²) in [6, 6.07) is 3.11. The van der Waals surface area contributed by atoms with Crippen molar-refractivity contribution in [2.75, 3.05) is 0 Å². The van der Waals surface area contributed by atoms with Crippen molar-refractivity contribution < 1.29 is 17.6 Å². The van der Waals surface area contributed by atoms with E-state index >= 15 is 0 Å². The molecular formula is C13H15ClFNO3S. The molecule has 0 bridgehead atoms. The molecule has 0 spiro atoms. The molecule has 20 heavy (non-hydrogen) atoms. The topological polar surface area (TPSA) is 63.2 Å². The number of aldehydes is 1. The van der Waals surface area contributed by atoms with Crippen molar-refractivity contribution in [1.82, 2.24) is 4.72 Å². The first kappa shape index (κ1) is 15.4. The van der Waals surface area contributed by atoms with Gasteiger partial charge in [0.2, 0.25) is 10.0 Å². The Hall–Kier alpha value is -0.980. The summed E-state index contributed by atoms with van der Waals surface area (Å²) in [5.74, 6) is -0.631. The zero-order valence-corrected chi connectivity index (χ0v) is 12.3. The van der Waals surface area contributed by atoms with Crippen LogP contribution in [0.15, 0.2) is 23.1 Å². The molecule has 0 heterocycles. The van der Waals surface area contributed by atoms with Crippen molar-refractivity contribution in [2.24, 2.45) is 5.92 Å². The number of nitrogens with one attached hydrogen (secondary N) is 1. The normalized spacial score (nSPS) is 23.5. The Kier molecular flexibility index (Phi) is 4.78. The molecule has 1 fully saturated rings. The number of carbonyl (C=O) groups is 1. The van der Waals surface area contributed by atoms with Gasteiger partial charge in [-0.1, -0.05) is 11.6 Å². The molecule has 2 rings (SSSR count). The molecule has 0 unspecified atom stereocenters. The maximum atomic E-state index is 13.0. The van der Waals surface area contributed by atoms with E-state index in [4.69, 9.17) is 11.6 Å². The zero-order valence-electron chi connectivity index (χ0n) is 10.7. The molecule has 0 saturated heterocycles. The molecule has 1 aromatic carbocycles. The fraction of sp³-hybridized carbons (Fsp3) is 0.462. The predicted octanol–water partition coefficient (Wildman–Crippen LogP) is 2.52. The van der Waals surface area contributed by atoms with Crippen molar-refractivity contribution in [3.8, 4) is 0 Å². The van der Waals surface area contributed by atoms with Crippen LogP contribution in [0.25, 0.3) is 0 Å². The minimum absolute atomic E-state index is 0.0241. The van der Waals surface area contributed by atoms with Crippen LogP contribution in [0, 0.1) is 11.7 Å². The van der Waals surface area contributed by atoms with Gasteiger partial charge in [0.1, 0.15) is 12.1 Å². The zero-order chi connectivity index (χ0) is 14.8. The van der Waals surface area contributed by atoms with Gasteiger partial charge in [-0.3, -0.25) is 0 Å². The van der Waals surface area contributed by atoms with E-state index in [1.807, 2.05) is 0 Å². The smallest absolute Gasteiger partial charge is 0.240 e. The average molecular weight is 320 g/mol. The third-order valence-electron chi connectivity index (χ3n) is 3.49. The second kappa shape index (κ2) is 6.20. The lowest BCUT2D eigenvalue weighted by Gasteiger charge is -2.26. The highest BCUT2D eigenvalue weighted by Crippen LogP contribution is 2.25. The van der Waals surface area contributed by atoms with Gasteiger partial charge in [0.15, 0.2) is 0 Å². The monoisotopic (exact) mass is 319 g/mol. The highest BCUT2D eigenvalue weighted by Gasteiger charge is 2.25. The van der Waals surface area contributed by atoms with E-state index in [0.29, 0.717) is 25.7 Å². The SMILES string of the molecule is O=CC1CCC(NS(=O)(=O)c2ccc(F)c(Cl)c2)CC1. The van der Waals surface area contributed by atoms with Crippen LogP contribution in [0.4, 0.5) is 4.39 Å². The Morgan fingerprint density at radius 3 is 2.45 bits per heavy atom. The third-order valence-corrected chi connectivity index (χ3v) is 5.30. The van der Waals surface area contributed by atoms with Gasteiger partial charge < -0.3 is 4.79 Å². The molecule has 1 saturated carbocycles. The Bertz CT molecular complexity index is 598. The quantitative estimate of drug-likeness (QED) is 0.867. The summed E-state index contributed by atoms with van der Waals surface area (Å²) in [5, 5.41) is -0.225. The molecule has 0 radical (unpaired) electrons. The molecule has 1 aliphatic carbocycles. The van der Waals surface area contributed by atoms with Crippen LogP contribution in [-0.2, 0) is 14.8 Å². The number of hydrogen-bond acceptors (Lipinski definition) is 3. The minimum Gasteiger partial charge on any atom is -0.303 e. The summed E-state index contributed by atoms with van der Waals surface area (Å²) in [6.07, 6.45) is 3.53. The van der Waals surface area contributed by atoms with Gasteiger partial charge in [-0.2, -0.15) is 0 Å². The van der Waals surface area contributed by atoms with Crippen LogP contribution in [-0.4, -0.2) is 20.7 Å². The Balaban J connectivity index is 2.07. The van der Waals surface area contributed by atoms with Crippen LogP contribution in [0.3, 0.4) is 0 Å². The van der Waals surface area contributed by atoms with E-state index in [9.17, 15) is 17.6 Å². The summed E-state index contributed by atoms with van der Waals surface area (Å²) in [7, 11) is -3.71. The highest BCUT2D eigenvalue weighted by molar-refractivity contribution is 7.89. The van der Waals surface area contributed by atoms with E-state index in [1.165, 1.54) is 6.07 Å². The number of benzene rings is 1. The van der Waals surface area contributed by atoms with Crippen molar-refractivity contribution in [3.63, 3.8) is 0 Å². The summed E-state index contributed by atoms with van der Waals surface area (Å²) < 4.78 is 39.9. The fourth-order valence-electron chi connectivity index (χ4n) is 2.30. The number of halogens is 2. The first-order valence-corrected chi connectivity index (χ1v) is 8.21. The average Bonchev–Trinajstić information content (AvgIpc) is 2.42. The van der Waals surface area contributed by atoms with Crippen LogP contribution >= 0.6 is 11.6 Å². The Labute approximate surface area is 122 Å². The second-order valence-electron chi connectivity index (χ2n) is 4.94. The van der Waals surface area contributed by atoms with Gasteiger partial charge in [0.25, 0.3) is 0 Å². The first-order chi connectivity index (χ1) is 9.42. The van der Waals surface area contributed by atoms with Gasteiger partial charge in [-0.05, 0) is 43.9 Å². The lowest BCUT2D eigenvalue weighted by molar-refractivity contribution is -0.111. The van der Waals surface area contributed by atoms with Gasteiger partial charge in [0, 0.05) is 12.0 Å². The summed E-state index contributed by atoms with van der Waals surface area (Å²) in [6.45, 7) is 0. The molecule has 4 nitrogen and oxygen atoms in total. The van der Waals surface area contributed by atoms with Crippen molar-refractivity contribution in [2.45, 2.75) is 36.6 Å². The van der Waals surface area contributed by atoms with E-state index < -0.39 is 15.8 Å². The third kappa shape index (κ3) is 3.56. The highest BCUT2D eigenvalue weighted by atomic mass is 35.5. The van der Waals surface area contributed by atoms with Crippen LogP contribution in [0.2, 0.25) is 5.02 Å². The summed E-state index contributed by atoms with van der Waals surface area (Å²) in [5.41, 5.74) is 0. The van der Waals surface area contributed by atoms with Gasteiger partial charge in [-0.25, -0.2) is 17.5 Å². The van der Waals surface area contributed by atoms with Crippen LogP contribution < -0.4 is 4.72 Å². The van der Waals surface area contributed by atoms with E-state index in [1.54, 1.807) is 0 Å². The Morgan fingerprint density at radius 1 is 1.25 bits per heavy atom. The molecule has 0 amide bonds. The maximum absolute atomic E-state index is 13.0. The molecule has 1 N–H and O–H groups in total. The molecule has 1 aromatic rings. The molecule has 110 valence electrons. The standard InChI is InChI=1S/C13H15ClFNO3S/c14-12-7-11(5-6-13(12)15)20(18,19)16-10-3-1-9(8-17)2-4-10/h5-10,16H,1-4H2. The number of carbonyl (C=O) groups excluding carboxylic acids is 1. The lowest BCUT2D eigenvalue weighted by Crippen LogP contribution is -2.37. The van der Waals surface area contributed by atoms with Crippen LogP contribution in [0.1, 0.15) is 25.7 Å². The summed E-state index contributed by atoms with van der Waals surface area (Å²) >= 11 is 5.59. The van der Waals surface area contributed by atoms with E-state index in [2.05, 4.69) is 4.72 Å². The molecule has 1 aliphatic rings. The van der Waals surface area contributed by atoms with Crippen molar-refractivity contribution in [1.29, 1.82) is 0 Å². The minimum atomic E-state index is -3.71. The predicted molar refractivity (Wildman–Crippen MR) is 73.5 cm³/mol. The van der Waals surface area contributed by atoms with Gasteiger partial charge in [0.05, 0.1) is 9.92 Å². The number of rotatable bonds is 4. The molecule has 0 atom stereocenters. The Morgan fingerprint density at radius 2 is 1.90 bits per heavy atom. The summed E-state index contributed by atoms with van der Waals surface area (Å²) in [4.78, 5) is 10.6. The van der Waals surface area contributed by atoms with Gasteiger partial charge >= 0.3 is 0 Å². The fourth-order valence-corrected chi connectivity index (χ4v) is 3.88. The lowest BCUT2D eigenvalue weighted by atomic mass is 9.87. The van der Waals surface area contributed by atoms with E-state index in [0.717, 1.165) is 18.4 Å². The largest absolute Gasteiger partial charge is 0.303 e. The van der Waals surface area contributed by atoms with E-state index in [-0.39, 0.29) is 21.9 Å². The first-order valence-electron chi connectivity index (χ1n) is 6.35. The van der Waals surface area contributed by atoms with Gasteiger partial charge in [-0.15, -0.1) is 0 Å². The van der Waals surface area contributed by atoms with Crippen molar-refractivity contribution in [3.05, 3.63) is 29.0 Å². The molecule has 7 heteroatoms. The van der Waals surface area contributed by atoms with Crippen LogP contribution in [0.5, 0.6) is 0 Å². The number of hydrogen-bond donors (Lipinski definition) is 1. The molecular weight excluding hydrogens is 305 g/mol. The number of sulfonamides is 1. The molecule has 0 aliphatic heterocycles. The maximum Gasteiger partial charge on any atom is 0.240 e. The molecule has 0 aromatic heterocycles. The van der Waals surface area contributed by atoms with Crippen molar-refractivity contribution >= 4 is 27.9 Å².